The lowest BCUT2D eigenvalue weighted by atomic mass is 10.1. The molecule has 0 saturated heterocycles. The Bertz CT molecular complexity index is 621. The van der Waals surface area contributed by atoms with Crippen LogP contribution >= 0.6 is 11.6 Å². The largest absolute Gasteiger partial charge is 0.456 e. The summed E-state index contributed by atoms with van der Waals surface area (Å²) in [6, 6.07) is 13.5. The van der Waals surface area contributed by atoms with E-state index in [9.17, 15) is 0 Å². The van der Waals surface area contributed by atoms with Gasteiger partial charge in [0.25, 0.3) is 0 Å². The molecule has 20 heavy (non-hydrogen) atoms. The van der Waals surface area contributed by atoms with Gasteiger partial charge in [-0.2, -0.15) is 0 Å². The lowest BCUT2D eigenvalue weighted by Crippen LogP contribution is -1.89. The minimum atomic E-state index is 0.534. The Morgan fingerprint density at radius 3 is 2.55 bits per heavy atom. The van der Waals surface area contributed by atoms with Crippen LogP contribution in [0.4, 0.5) is 5.69 Å². The van der Waals surface area contributed by atoms with Crippen molar-refractivity contribution in [3.05, 3.63) is 53.1 Å². The zero-order valence-electron chi connectivity index (χ0n) is 10.9. The van der Waals surface area contributed by atoms with E-state index in [2.05, 4.69) is 18.7 Å². The van der Waals surface area contributed by atoms with Crippen molar-refractivity contribution < 1.29 is 4.74 Å². The highest BCUT2D eigenvalue weighted by atomic mass is 35.5. The van der Waals surface area contributed by atoms with Crippen molar-refractivity contribution in [2.75, 3.05) is 5.73 Å². The number of rotatable bonds is 3. The fourth-order valence-corrected chi connectivity index (χ4v) is 2.20. The van der Waals surface area contributed by atoms with Gasteiger partial charge in [-0.05, 0) is 54.7 Å². The van der Waals surface area contributed by atoms with E-state index in [0.717, 1.165) is 11.7 Å². The second-order valence-electron chi connectivity index (χ2n) is 4.64. The Morgan fingerprint density at radius 1 is 1.15 bits per heavy atom. The van der Waals surface area contributed by atoms with Crippen LogP contribution < -0.4 is 10.5 Å². The molecule has 0 radical (unpaired) electrons. The number of benzene rings is 2. The normalized spacial score (nSPS) is 13.2. The van der Waals surface area contributed by atoms with Crippen LogP contribution in [0.1, 0.15) is 24.3 Å². The second-order valence-corrected chi connectivity index (χ2v) is 5.05. The zero-order chi connectivity index (χ0) is 14.5. The van der Waals surface area contributed by atoms with E-state index in [0.29, 0.717) is 16.5 Å². The van der Waals surface area contributed by atoms with Gasteiger partial charge < -0.3 is 10.5 Å². The SMILES string of the molecule is C#N.Nc1ccc(Oc2cccc(C3CC3)c2)c(Cl)c1. The summed E-state index contributed by atoms with van der Waals surface area (Å²) < 4.78 is 5.80. The summed E-state index contributed by atoms with van der Waals surface area (Å²) in [7, 11) is 0. The van der Waals surface area contributed by atoms with E-state index in [1.807, 2.05) is 12.1 Å². The van der Waals surface area contributed by atoms with Crippen LogP contribution in [0.2, 0.25) is 5.02 Å². The van der Waals surface area contributed by atoms with Crippen LogP contribution in [0.15, 0.2) is 42.5 Å². The maximum atomic E-state index is 6.50. The first-order valence-electron chi connectivity index (χ1n) is 6.31. The molecule has 0 heterocycles. The fourth-order valence-electron chi connectivity index (χ4n) is 1.98. The summed E-state index contributed by atoms with van der Waals surface area (Å²) in [5.74, 6) is 2.18. The highest BCUT2D eigenvalue weighted by Crippen LogP contribution is 2.41. The number of hydrogen-bond acceptors (Lipinski definition) is 3. The number of hydrogen-bond donors (Lipinski definition) is 1. The van der Waals surface area contributed by atoms with Crippen molar-refractivity contribution >= 4 is 17.3 Å². The number of ether oxygens (including phenoxy) is 1. The lowest BCUT2D eigenvalue weighted by Gasteiger charge is -2.09. The summed E-state index contributed by atoms with van der Waals surface area (Å²) in [5.41, 5.74) is 7.64. The molecule has 102 valence electrons. The maximum absolute atomic E-state index is 6.50. The van der Waals surface area contributed by atoms with Crippen LogP contribution in [-0.2, 0) is 0 Å². The minimum Gasteiger partial charge on any atom is -0.456 e. The topological polar surface area (TPSA) is 59.0 Å². The van der Waals surface area contributed by atoms with Gasteiger partial charge in [0.2, 0.25) is 0 Å². The molecule has 2 aromatic rings. The third-order valence-corrected chi connectivity index (χ3v) is 3.39. The van der Waals surface area contributed by atoms with E-state index in [-0.39, 0.29) is 0 Å². The smallest absolute Gasteiger partial charge is 0.146 e. The Balaban J connectivity index is 0.000000704. The van der Waals surface area contributed by atoms with Crippen molar-refractivity contribution in [1.29, 1.82) is 5.26 Å². The van der Waals surface area contributed by atoms with E-state index in [1.165, 1.54) is 18.4 Å². The second kappa shape index (κ2) is 6.31. The van der Waals surface area contributed by atoms with Gasteiger partial charge in [-0.3, -0.25) is 0 Å². The van der Waals surface area contributed by atoms with Gasteiger partial charge in [0, 0.05) is 12.3 Å². The molecule has 1 aliphatic carbocycles. The van der Waals surface area contributed by atoms with Crippen molar-refractivity contribution in [3.63, 3.8) is 0 Å². The molecular weight excluding hydrogens is 272 g/mol. The van der Waals surface area contributed by atoms with Crippen molar-refractivity contribution in [1.82, 2.24) is 0 Å². The molecule has 2 aromatic carbocycles. The first-order chi connectivity index (χ1) is 9.72. The van der Waals surface area contributed by atoms with Crippen molar-refractivity contribution in [2.45, 2.75) is 18.8 Å². The van der Waals surface area contributed by atoms with Gasteiger partial charge in [-0.15, -0.1) is 0 Å². The first-order valence-corrected chi connectivity index (χ1v) is 6.69. The predicted octanol–water partition coefficient (Wildman–Crippen LogP) is 4.73. The number of nitriles is 1. The quantitative estimate of drug-likeness (QED) is 0.830. The molecule has 1 aliphatic rings. The number of nitrogens with two attached hydrogens (primary N) is 1. The van der Waals surface area contributed by atoms with Crippen molar-refractivity contribution in [2.24, 2.45) is 0 Å². The molecule has 1 fully saturated rings. The third kappa shape index (κ3) is 3.43. The molecule has 0 aromatic heterocycles. The predicted molar refractivity (Wildman–Crippen MR) is 81.0 cm³/mol. The summed E-state index contributed by atoms with van der Waals surface area (Å²) in [6.45, 7) is 3.50. The minimum absolute atomic E-state index is 0.534. The molecule has 0 amide bonds. The zero-order valence-corrected chi connectivity index (χ0v) is 11.7. The van der Waals surface area contributed by atoms with E-state index in [1.54, 1.807) is 18.2 Å². The molecule has 0 aliphatic heterocycles. The molecule has 3 rings (SSSR count). The van der Waals surface area contributed by atoms with Gasteiger partial charge in [-0.1, -0.05) is 23.7 Å². The molecule has 3 nitrogen and oxygen atoms in total. The van der Waals surface area contributed by atoms with Gasteiger partial charge in [0.1, 0.15) is 11.5 Å². The molecule has 1 saturated carbocycles. The average molecular weight is 287 g/mol. The molecule has 0 atom stereocenters. The summed E-state index contributed by atoms with van der Waals surface area (Å²) in [5, 5.41) is 7.03. The Labute approximate surface area is 123 Å². The highest BCUT2D eigenvalue weighted by molar-refractivity contribution is 6.32. The van der Waals surface area contributed by atoms with Crippen LogP contribution in [0.3, 0.4) is 0 Å². The lowest BCUT2D eigenvalue weighted by molar-refractivity contribution is 0.482. The Kier molecular flexibility index (Phi) is 4.49. The number of nitrogens with zero attached hydrogens (tertiary/aromatic N) is 1. The van der Waals surface area contributed by atoms with Crippen LogP contribution in [-0.4, -0.2) is 0 Å². The summed E-state index contributed by atoms with van der Waals surface area (Å²) in [4.78, 5) is 0. The monoisotopic (exact) mass is 286 g/mol. The fraction of sp³-hybridized carbons (Fsp3) is 0.188. The third-order valence-electron chi connectivity index (χ3n) is 3.09. The van der Waals surface area contributed by atoms with E-state index in [4.69, 9.17) is 27.3 Å². The van der Waals surface area contributed by atoms with Gasteiger partial charge in [-0.25, -0.2) is 5.26 Å². The molecule has 4 heteroatoms. The van der Waals surface area contributed by atoms with Gasteiger partial charge >= 0.3 is 0 Å². The molecule has 0 bridgehead atoms. The number of halogens is 1. The summed E-state index contributed by atoms with van der Waals surface area (Å²) >= 11 is 6.09. The number of anilines is 1. The van der Waals surface area contributed by atoms with Crippen LogP contribution in [0.5, 0.6) is 11.5 Å². The average Bonchev–Trinajstić information content (AvgIpc) is 3.29. The summed E-state index contributed by atoms with van der Waals surface area (Å²) in [6.07, 6.45) is 2.57. The molecular formula is C16H15ClN2O. The van der Waals surface area contributed by atoms with Gasteiger partial charge in [0.15, 0.2) is 0 Å². The van der Waals surface area contributed by atoms with E-state index < -0.39 is 0 Å². The van der Waals surface area contributed by atoms with Gasteiger partial charge in [0.05, 0.1) is 5.02 Å². The molecule has 0 spiro atoms. The Morgan fingerprint density at radius 2 is 1.90 bits per heavy atom. The van der Waals surface area contributed by atoms with Crippen LogP contribution in [0, 0.1) is 11.8 Å². The highest BCUT2D eigenvalue weighted by Gasteiger charge is 2.23. The van der Waals surface area contributed by atoms with Crippen molar-refractivity contribution in [3.8, 4) is 18.1 Å². The van der Waals surface area contributed by atoms with Crippen LogP contribution in [0.25, 0.3) is 0 Å². The molecule has 2 N–H and O–H groups in total. The molecule has 0 unspecified atom stereocenters. The number of nitrogen functional groups attached to an aromatic ring is 1. The Hall–Kier alpha value is -2.18. The maximum Gasteiger partial charge on any atom is 0.146 e. The standard InChI is InChI=1S/C15H14ClNO.CHN/c16-14-9-12(17)6-7-15(14)18-13-3-1-2-11(8-13)10-4-5-10;1-2/h1-3,6-10H,4-5,17H2;1H. The van der Waals surface area contributed by atoms with E-state index >= 15 is 0 Å². The first kappa shape index (κ1) is 14.2.